The van der Waals surface area contributed by atoms with Crippen molar-refractivity contribution in [1.29, 1.82) is 0 Å². The number of anilines is 1. The van der Waals surface area contributed by atoms with E-state index in [9.17, 15) is 14.9 Å². The fourth-order valence-corrected chi connectivity index (χ4v) is 3.67. The number of thiophene rings is 1. The Labute approximate surface area is 125 Å². The van der Waals surface area contributed by atoms with Crippen molar-refractivity contribution in [1.82, 2.24) is 0 Å². The van der Waals surface area contributed by atoms with E-state index >= 15 is 0 Å². The number of benzene rings is 1. The Morgan fingerprint density at radius 1 is 1.24 bits per heavy atom. The van der Waals surface area contributed by atoms with Crippen LogP contribution in [0.1, 0.15) is 33.0 Å². The molecule has 6 heteroatoms. The van der Waals surface area contributed by atoms with Crippen molar-refractivity contribution >= 4 is 28.6 Å². The number of hydrogen-bond acceptors (Lipinski definition) is 4. The molecule has 1 aromatic carbocycles. The number of carbonyl (C=O) groups is 1. The second kappa shape index (κ2) is 5.65. The first-order chi connectivity index (χ1) is 10.1. The number of amides is 1. The molecule has 1 aliphatic rings. The zero-order valence-corrected chi connectivity index (χ0v) is 12.1. The quantitative estimate of drug-likeness (QED) is 0.692. The van der Waals surface area contributed by atoms with Gasteiger partial charge in [-0.3, -0.25) is 14.9 Å². The highest BCUT2D eigenvalue weighted by Crippen LogP contribution is 2.31. The van der Waals surface area contributed by atoms with Gasteiger partial charge in [0.25, 0.3) is 11.6 Å². The van der Waals surface area contributed by atoms with Crippen LogP contribution in [-0.2, 0) is 12.8 Å². The van der Waals surface area contributed by atoms with Gasteiger partial charge in [-0.2, -0.15) is 0 Å². The van der Waals surface area contributed by atoms with Crippen LogP contribution in [0.25, 0.3) is 0 Å². The molecule has 0 bridgehead atoms. The van der Waals surface area contributed by atoms with Crippen molar-refractivity contribution in [3.63, 3.8) is 0 Å². The Bertz CT molecular complexity index is 685. The van der Waals surface area contributed by atoms with Crippen molar-refractivity contribution in [3.05, 3.63) is 55.8 Å². The van der Waals surface area contributed by atoms with Crippen LogP contribution in [0.3, 0.4) is 0 Å². The van der Waals surface area contributed by atoms with Crippen molar-refractivity contribution in [2.75, 3.05) is 5.32 Å². The van der Waals surface area contributed by atoms with Crippen LogP contribution < -0.4 is 5.32 Å². The van der Waals surface area contributed by atoms with Gasteiger partial charge in [0.1, 0.15) is 5.69 Å². The SMILES string of the molecule is O=C(Nc1ccccc1[N+](=O)[O-])c1cc2c(s1)CCCC2. The second-order valence-corrected chi connectivity index (χ2v) is 6.13. The standard InChI is InChI=1S/C15H14N2O3S/c18-15(14-9-10-5-1-4-8-13(10)21-14)16-11-6-2-3-7-12(11)17(19)20/h2-3,6-7,9H,1,4-5,8H2,(H,16,18). The summed E-state index contributed by atoms with van der Waals surface area (Å²) < 4.78 is 0. The number of nitrogens with zero attached hydrogens (tertiary/aromatic N) is 1. The molecule has 0 saturated heterocycles. The molecule has 21 heavy (non-hydrogen) atoms. The minimum absolute atomic E-state index is 0.0906. The summed E-state index contributed by atoms with van der Waals surface area (Å²) in [5.41, 5.74) is 1.39. The van der Waals surface area contributed by atoms with Gasteiger partial charge < -0.3 is 5.32 Å². The van der Waals surface area contributed by atoms with Gasteiger partial charge in [-0.05, 0) is 43.4 Å². The number of fused-ring (bicyclic) bond motifs is 1. The largest absolute Gasteiger partial charge is 0.316 e. The minimum atomic E-state index is -0.491. The lowest BCUT2D eigenvalue weighted by molar-refractivity contribution is -0.383. The Balaban J connectivity index is 1.83. The summed E-state index contributed by atoms with van der Waals surface area (Å²) in [6, 6.07) is 8.10. The zero-order valence-electron chi connectivity index (χ0n) is 11.3. The monoisotopic (exact) mass is 302 g/mol. The number of para-hydroxylation sites is 2. The highest BCUT2D eigenvalue weighted by molar-refractivity contribution is 7.14. The summed E-state index contributed by atoms with van der Waals surface area (Å²) in [5, 5.41) is 13.6. The smallest absolute Gasteiger partial charge is 0.292 e. The van der Waals surface area contributed by atoms with Crippen LogP contribution >= 0.6 is 11.3 Å². The molecule has 108 valence electrons. The summed E-state index contributed by atoms with van der Waals surface area (Å²) in [5.74, 6) is -0.274. The van der Waals surface area contributed by atoms with Crippen LogP contribution in [0.15, 0.2) is 30.3 Å². The molecule has 5 nitrogen and oxygen atoms in total. The average molecular weight is 302 g/mol. The van der Waals surface area contributed by atoms with Gasteiger partial charge >= 0.3 is 0 Å². The molecular weight excluding hydrogens is 288 g/mol. The number of nitro groups is 1. The van der Waals surface area contributed by atoms with E-state index in [1.807, 2.05) is 6.07 Å². The molecule has 1 amide bonds. The first-order valence-electron chi connectivity index (χ1n) is 6.81. The van der Waals surface area contributed by atoms with E-state index in [1.165, 1.54) is 34.3 Å². The third kappa shape index (κ3) is 2.80. The molecule has 1 heterocycles. The molecule has 3 rings (SSSR count). The number of nitrogens with one attached hydrogen (secondary N) is 1. The minimum Gasteiger partial charge on any atom is -0.316 e. The zero-order chi connectivity index (χ0) is 14.8. The van der Waals surface area contributed by atoms with E-state index in [2.05, 4.69) is 5.32 Å². The maximum Gasteiger partial charge on any atom is 0.292 e. The Morgan fingerprint density at radius 2 is 2.00 bits per heavy atom. The average Bonchev–Trinajstić information content (AvgIpc) is 2.91. The number of rotatable bonds is 3. The fourth-order valence-electron chi connectivity index (χ4n) is 2.53. The van der Waals surface area contributed by atoms with Crippen LogP contribution in [0, 0.1) is 10.1 Å². The van der Waals surface area contributed by atoms with Crippen molar-refractivity contribution in [2.24, 2.45) is 0 Å². The van der Waals surface area contributed by atoms with Gasteiger partial charge in [0.05, 0.1) is 9.80 Å². The predicted octanol–water partition coefficient (Wildman–Crippen LogP) is 3.79. The maximum absolute atomic E-state index is 12.3. The normalized spacial score (nSPS) is 13.5. The fraction of sp³-hybridized carbons (Fsp3) is 0.267. The molecule has 0 unspecified atom stereocenters. The van der Waals surface area contributed by atoms with Crippen molar-refractivity contribution in [2.45, 2.75) is 25.7 Å². The summed E-state index contributed by atoms with van der Waals surface area (Å²) in [7, 11) is 0. The first-order valence-corrected chi connectivity index (χ1v) is 7.63. The topological polar surface area (TPSA) is 72.2 Å². The van der Waals surface area contributed by atoms with E-state index in [4.69, 9.17) is 0 Å². The van der Waals surface area contributed by atoms with E-state index < -0.39 is 4.92 Å². The highest BCUT2D eigenvalue weighted by atomic mass is 32.1. The molecule has 1 N–H and O–H groups in total. The van der Waals surface area contributed by atoms with Crippen LogP contribution in [-0.4, -0.2) is 10.8 Å². The molecule has 1 aliphatic carbocycles. The first kappa shape index (κ1) is 13.8. The lowest BCUT2D eigenvalue weighted by atomic mass is 9.99. The van der Waals surface area contributed by atoms with Gasteiger partial charge in [0, 0.05) is 10.9 Å². The summed E-state index contributed by atoms with van der Waals surface area (Å²) >= 11 is 1.50. The van der Waals surface area contributed by atoms with Gasteiger partial charge in [-0.1, -0.05) is 12.1 Å². The number of hydrogen-bond donors (Lipinski definition) is 1. The van der Waals surface area contributed by atoms with Crippen LogP contribution in [0.2, 0.25) is 0 Å². The van der Waals surface area contributed by atoms with Gasteiger partial charge in [-0.25, -0.2) is 0 Å². The van der Waals surface area contributed by atoms with Crippen molar-refractivity contribution in [3.8, 4) is 0 Å². The Kier molecular flexibility index (Phi) is 3.70. The molecule has 0 radical (unpaired) electrons. The van der Waals surface area contributed by atoms with E-state index in [1.54, 1.807) is 18.2 Å². The third-order valence-electron chi connectivity index (χ3n) is 3.57. The molecule has 0 fully saturated rings. The van der Waals surface area contributed by atoms with Gasteiger partial charge in [0.2, 0.25) is 0 Å². The van der Waals surface area contributed by atoms with E-state index in [-0.39, 0.29) is 17.3 Å². The number of aryl methyl sites for hydroxylation is 2. The molecule has 0 aliphatic heterocycles. The number of carbonyl (C=O) groups excluding carboxylic acids is 1. The summed E-state index contributed by atoms with van der Waals surface area (Å²) in [6.07, 6.45) is 4.37. The van der Waals surface area contributed by atoms with Crippen LogP contribution in [0.4, 0.5) is 11.4 Å². The van der Waals surface area contributed by atoms with Gasteiger partial charge in [-0.15, -0.1) is 11.3 Å². The molecule has 1 aromatic heterocycles. The molecular formula is C15H14N2O3S. The van der Waals surface area contributed by atoms with E-state index in [0.29, 0.717) is 4.88 Å². The molecule has 0 spiro atoms. The van der Waals surface area contributed by atoms with Crippen molar-refractivity contribution < 1.29 is 9.72 Å². The lowest BCUT2D eigenvalue weighted by Gasteiger charge is -2.08. The molecule has 0 atom stereocenters. The predicted molar refractivity (Wildman–Crippen MR) is 82.0 cm³/mol. The Hall–Kier alpha value is -2.21. The molecule has 2 aromatic rings. The maximum atomic E-state index is 12.3. The molecule has 0 saturated carbocycles. The second-order valence-electron chi connectivity index (χ2n) is 4.99. The Morgan fingerprint density at radius 3 is 2.76 bits per heavy atom. The van der Waals surface area contributed by atoms with Gasteiger partial charge in [0.15, 0.2) is 0 Å². The van der Waals surface area contributed by atoms with Crippen LogP contribution in [0.5, 0.6) is 0 Å². The van der Waals surface area contributed by atoms with E-state index in [0.717, 1.165) is 19.3 Å². The lowest BCUT2D eigenvalue weighted by Crippen LogP contribution is -2.11. The highest BCUT2D eigenvalue weighted by Gasteiger charge is 2.20. The number of nitro benzene ring substituents is 1. The summed E-state index contributed by atoms with van der Waals surface area (Å²) in [4.78, 5) is 24.6. The third-order valence-corrected chi connectivity index (χ3v) is 4.81. The summed E-state index contributed by atoms with van der Waals surface area (Å²) in [6.45, 7) is 0.